The van der Waals surface area contributed by atoms with Gasteiger partial charge in [0, 0.05) is 12.2 Å². The van der Waals surface area contributed by atoms with Crippen LogP contribution in [-0.2, 0) is 19.1 Å². The number of rotatable bonds is 9. The fourth-order valence-electron chi connectivity index (χ4n) is 0.644. The predicted molar refractivity (Wildman–Crippen MR) is 52.8 cm³/mol. The summed E-state index contributed by atoms with van der Waals surface area (Å²) >= 11 is 3.80. The quantitative estimate of drug-likeness (QED) is 0.424. The van der Waals surface area contributed by atoms with Crippen LogP contribution in [0, 0.1) is 0 Å². The second kappa shape index (κ2) is 8.98. The minimum atomic E-state index is -1.00. The first-order valence-corrected chi connectivity index (χ1v) is 4.80. The second-order valence-electron chi connectivity index (χ2n) is 2.51. The van der Waals surface area contributed by atoms with Gasteiger partial charge in [-0.2, -0.15) is 12.6 Å². The Balaban J connectivity index is 3.06. The molecule has 0 saturated carbocycles. The van der Waals surface area contributed by atoms with Gasteiger partial charge in [-0.3, -0.25) is 4.79 Å². The molecule has 0 aliphatic carbocycles. The molecule has 0 aromatic rings. The van der Waals surface area contributed by atoms with Crippen LogP contribution in [-0.4, -0.2) is 49.0 Å². The number of ether oxygens (including phenoxy) is 2. The zero-order valence-electron chi connectivity index (χ0n) is 7.77. The first kappa shape index (κ1) is 13.4. The van der Waals surface area contributed by atoms with Gasteiger partial charge in [0.2, 0.25) is 0 Å². The molecule has 0 atom stereocenters. The van der Waals surface area contributed by atoms with Gasteiger partial charge in [0.1, 0.15) is 12.4 Å². The Morgan fingerprint density at radius 2 is 1.79 bits per heavy atom. The summed E-state index contributed by atoms with van der Waals surface area (Å²) in [6.45, 7) is 0.531. The second-order valence-corrected chi connectivity index (χ2v) is 2.82. The highest BCUT2D eigenvalue weighted by Crippen LogP contribution is 1.88. The fourth-order valence-corrected chi connectivity index (χ4v) is 0.803. The van der Waals surface area contributed by atoms with E-state index in [9.17, 15) is 9.59 Å². The highest BCUT2D eigenvalue weighted by molar-refractivity contribution is 7.81. The number of aliphatic carboxylic acids is 1. The molecule has 0 aliphatic rings. The zero-order valence-corrected chi connectivity index (χ0v) is 8.66. The number of carboxylic acid groups (broad SMARTS) is 1. The summed E-state index contributed by atoms with van der Waals surface area (Å²) in [5.74, 6) is -0.756. The Morgan fingerprint density at radius 1 is 1.14 bits per heavy atom. The van der Waals surface area contributed by atoms with Crippen molar-refractivity contribution in [1.29, 1.82) is 0 Å². The van der Waals surface area contributed by atoms with Gasteiger partial charge in [-0.25, -0.2) is 4.79 Å². The molecule has 0 aromatic carbocycles. The molecule has 0 amide bonds. The van der Waals surface area contributed by atoms with Crippen molar-refractivity contribution in [3.8, 4) is 0 Å². The van der Waals surface area contributed by atoms with E-state index in [1.807, 2.05) is 0 Å². The molecule has 0 unspecified atom stereocenters. The molecule has 6 heteroatoms. The molecule has 0 fully saturated rings. The molecule has 0 rings (SSSR count). The molecule has 82 valence electrons. The van der Waals surface area contributed by atoms with Crippen molar-refractivity contribution < 1.29 is 24.2 Å². The van der Waals surface area contributed by atoms with Crippen molar-refractivity contribution in [1.82, 2.24) is 0 Å². The number of hydrogen-bond donors (Lipinski definition) is 2. The monoisotopic (exact) mass is 222 g/mol. The number of carbonyl (C=O) groups excluding carboxylic acids is 1. The van der Waals surface area contributed by atoms with E-state index >= 15 is 0 Å². The van der Waals surface area contributed by atoms with Crippen LogP contribution >= 0.6 is 12.6 Å². The predicted octanol–water partition coefficient (Wildman–Crippen LogP) is -0.00680. The molecule has 0 bridgehead atoms. The van der Waals surface area contributed by atoms with E-state index in [2.05, 4.69) is 12.6 Å². The topological polar surface area (TPSA) is 72.8 Å². The van der Waals surface area contributed by atoms with E-state index < -0.39 is 5.97 Å². The third-order valence-corrected chi connectivity index (χ3v) is 1.65. The van der Waals surface area contributed by atoms with Gasteiger partial charge in [0.15, 0.2) is 0 Å². The van der Waals surface area contributed by atoms with Crippen LogP contribution in [0.1, 0.15) is 6.42 Å². The lowest BCUT2D eigenvalue weighted by molar-refractivity contribution is -0.142. The normalized spacial score (nSPS) is 10.1. The molecule has 0 heterocycles. The van der Waals surface area contributed by atoms with Gasteiger partial charge in [-0.05, 0) is 0 Å². The van der Waals surface area contributed by atoms with Gasteiger partial charge in [-0.15, -0.1) is 0 Å². The number of carbonyl (C=O) groups is 2. The van der Waals surface area contributed by atoms with Crippen LogP contribution < -0.4 is 0 Å². The maximum atomic E-state index is 10.7. The summed E-state index contributed by atoms with van der Waals surface area (Å²) in [4.78, 5) is 20.7. The van der Waals surface area contributed by atoms with Crippen molar-refractivity contribution in [2.24, 2.45) is 0 Å². The summed E-state index contributed by atoms with van der Waals surface area (Å²) in [5.41, 5.74) is 0. The van der Waals surface area contributed by atoms with Gasteiger partial charge in [-0.1, -0.05) is 0 Å². The zero-order chi connectivity index (χ0) is 10.8. The Bertz CT molecular complexity index is 183. The Hall–Kier alpha value is -0.590. The lowest BCUT2D eigenvalue weighted by atomic mass is 10.3. The minimum Gasteiger partial charge on any atom is -0.480 e. The summed E-state index contributed by atoms with van der Waals surface area (Å²) in [5, 5.41) is 8.20. The molecule has 1 N–H and O–H groups in total. The lowest BCUT2D eigenvalue weighted by Crippen LogP contribution is -2.12. The smallest absolute Gasteiger partial charge is 0.329 e. The van der Waals surface area contributed by atoms with Crippen LogP contribution in [0.2, 0.25) is 0 Å². The summed E-state index contributed by atoms with van der Waals surface area (Å²) < 4.78 is 9.72. The maximum Gasteiger partial charge on any atom is 0.329 e. The van der Waals surface area contributed by atoms with E-state index in [0.29, 0.717) is 19.6 Å². The number of Topliss-reactive ketones (excluding diaryl/α,β-unsaturated/α-hetero) is 1. The van der Waals surface area contributed by atoms with Crippen LogP contribution in [0.4, 0.5) is 0 Å². The van der Waals surface area contributed by atoms with E-state index in [1.165, 1.54) is 0 Å². The Morgan fingerprint density at radius 3 is 2.36 bits per heavy atom. The highest BCUT2D eigenvalue weighted by atomic mass is 32.1. The molecule has 5 nitrogen and oxygen atoms in total. The van der Waals surface area contributed by atoms with Gasteiger partial charge in [0.25, 0.3) is 0 Å². The molecule has 0 aliphatic heterocycles. The molecule has 14 heavy (non-hydrogen) atoms. The molecule has 0 radical (unpaired) electrons. The lowest BCUT2D eigenvalue weighted by Gasteiger charge is -2.02. The summed E-state index contributed by atoms with van der Waals surface area (Å²) in [6, 6.07) is 0. The van der Waals surface area contributed by atoms with E-state index in [4.69, 9.17) is 14.6 Å². The van der Waals surface area contributed by atoms with Crippen LogP contribution in [0.25, 0.3) is 0 Å². The Labute approximate surface area is 87.8 Å². The van der Waals surface area contributed by atoms with Crippen molar-refractivity contribution in [3.63, 3.8) is 0 Å². The van der Waals surface area contributed by atoms with Crippen LogP contribution in [0.3, 0.4) is 0 Å². The molecular weight excluding hydrogens is 208 g/mol. The van der Waals surface area contributed by atoms with E-state index in [-0.39, 0.29) is 24.7 Å². The van der Waals surface area contributed by atoms with Gasteiger partial charge in [0.05, 0.1) is 19.8 Å². The minimum absolute atomic E-state index is 0.0276. The van der Waals surface area contributed by atoms with Gasteiger partial charge >= 0.3 is 5.97 Å². The van der Waals surface area contributed by atoms with Crippen LogP contribution in [0.5, 0.6) is 0 Å². The largest absolute Gasteiger partial charge is 0.480 e. The fraction of sp³-hybridized carbons (Fsp3) is 0.750. The highest BCUT2D eigenvalue weighted by Gasteiger charge is 1.99. The van der Waals surface area contributed by atoms with Crippen molar-refractivity contribution in [2.45, 2.75) is 6.42 Å². The van der Waals surface area contributed by atoms with Crippen molar-refractivity contribution in [2.75, 3.05) is 32.2 Å². The molecular formula is C8H14O5S. The standard InChI is InChI=1S/C8H14O5S/c9-7(6-14)1-2-12-3-4-13-5-8(10)11/h14H,1-6H2,(H,10,11). The number of ketones is 1. The first-order chi connectivity index (χ1) is 6.66. The average molecular weight is 222 g/mol. The van der Waals surface area contributed by atoms with Crippen molar-refractivity contribution in [3.05, 3.63) is 0 Å². The molecule has 0 saturated heterocycles. The third kappa shape index (κ3) is 9.50. The number of hydrogen-bond acceptors (Lipinski definition) is 5. The van der Waals surface area contributed by atoms with Gasteiger partial charge < -0.3 is 14.6 Å². The average Bonchev–Trinajstić information content (AvgIpc) is 2.15. The number of carboxylic acids is 1. The maximum absolute atomic E-state index is 10.7. The first-order valence-electron chi connectivity index (χ1n) is 4.16. The molecule has 0 spiro atoms. The third-order valence-electron chi connectivity index (χ3n) is 1.30. The molecule has 0 aromatic heterocycles. The SMILES string of the molecule is O=C(O)COCCOCCC(=O)CS. The van der Waals surface area contributed by atoms with E-state index in [0.717, 1.165) is 0 Å². The summed E-state index contributed by atoms with van der Waals surface area (Å²) in [7, 11) is 0. The van der Waals surface area contributed by atoms with E-state index in [1.54, 1.807) is 0 Å². The summed E-state index contributed by atoms with van der Waals surface area (Å²) in [6.07, 6.45) is 0.336. The van der Waals surface area contributed by atoms with Crippen LogP contribution in [0.15, 0.2) is 0 Å². The van der Waals surface area contributed by atoms with Crippen molar-refractivity contribution >= 4 is 24.4 Å². The number of thiol groups is 1. The Kier molecular flexibility index (Phi) is 8.61.